The van der Waals surface area contributed by atoms with Crippen LogP contribution in [0.15, 0.2) is 60.7 Å². The van der Waals surface area contributed by atoms with Gasteiger partial charge < -0.3 is 11.1 Å². The van der Waals surface area contributed by atoms with Gasteiger partial charge in [0.05, 0.1) is 5.69 Å². The molecule has 4 nitrogen and oxygen atoms in total. The van der Waals surface area contributed by atoms with Gasteiger partial charge in [0, 0.05) is 22.6 Å². The number of carbonyl (C=O) groups excluding carboxylic acids is 1. The van der Waals surface area contributed by atoms with Gasteiger partial charge in [0.2, 0.25) is 0 Å². The minimum absolute atomic E-state index is 0.146. The number of nitrogen functional groups attached to an aromatic ring is 1. The van der Waals surface area contributed by atoms with Crippen molar-refractivity contribution in [3.05, 3.63) is 92.9 Å². The summed E-state index contributed by atoms with van der Waals surface area (Å²) in [6.45, 7) is 0.523. The molecular formula is C26H24ClN3OS. The van der Waals surface area contributed by atoms with E-state index in [-0.39, 0.29) is 5.91 Å². The summed E-state index contributed by atoms with van der Waals surface area (Å²) in [5.74, 6) is 0.352. The van der Waals surface area contributed by atoms with Gasteiger partial charge in [-0.3, -0.25) is 4.79 Å². The molecule has 2 aromatic carbocycles. The van der Waals surface area contributed by atoms with Crippen molar-refractivity contribution < 1.29 is 4.79 Å². The lowest BCUT2D eigenvalue weighted by Crippen LogP contribution is -2.25. The summed E-state index contributed by atoms with van der Waals surface area (Å²) < 4.78 is 0. The molecule has 4 aromatic rings. The summed E-state index contributed by atoms with van der Waals surface area (Å²) in [4.78, 5) is 19.1. The van der Waals surface area contributed by atoms with Crippen LogP contribution >= 0.6 is 22.9 Å². The molecule has 0 saturated carbocycles. The van der Waals surface area contributed by atoms with Gasteiger partial charge in [0.25, 0.3) is 5.91 Å². The molecule has 0 fully saturated rings. The Morgan fingerprint density at radius 3 is 2.81 bits per heavy atom. The quantitative estimate of drug-likeness (QED) is 0.396. The average molecular weight is 462 g/mol. The first kappa shape index (κ1) is 21.0. The van der Waals surface area contributed by atoms with E-state index in [0.717, 1.165) is 40.7 Å². The molecule has 5 rings (SSSR count). The number of anilines is 1. The maximum atomic E-state index is 12.8. The second-order valence-electron chi connectivity index (χ2n) is 8.28. The Balaban J connectivity index is 1.33. The number of carbonyl (C=O) groups is 1. The number of rotatable bonds is 5. The SMILES string of the molecule is Nc1c(C(=O)NCCc2cccc(Cl)c2)sc2nc3c(cc12)CC(c1ccccc1)CC3. The maximum absolute atomic E-state index is 12.8. The highest BCUT2D eigenvalue weighted by Gasteiger charge is 2.24. The fourth-order valence-corrected chi connectivity index (χ4v) is 5.69. The molecule has 0 spiro atoms. The third-order valence-electron chi connectivity index (χ3n) is 6.15. The highest BCUT2D eigenvalue weighted by molar-refractivity contribution is 7.21. The number of nitrogens with zero attached hydrogens (tertiary/aromatic N) is 1. The average Bonchev–Trinajstić information content (AvgIpc) is 3.13. The normalized spacial score (nSPS) is 15.5. The molecule has 162 valence electrons. The minimum Gasteiger partial charge on any atom is -0.397 e. The van der Waals surface area contributed by atoms with Crippen molar-refractivity contribution in [2.45, 2.75) is 31.6 Å². The molecule has 1 aliphatic rings. The zero-order chi connectivity index (χ0) is 22.1. The van der Waals surface area contributed by atoms with E-state index in [2.05, 4.69) is 41.7 Å². The number of fused-ring (bicyclic) bond motifs is 2. The number of thiophene rings is 1. The van der Waals surface area contributed by atoms with Gasteiger partial charge in [0.15, 0.2) is 0 Å². The zero-order valence-electron chi connectivity index (χ0n) is 17.6. The van der Waals surface area contributed by atoms with E-state index >= 15 is 0 Å². The highest BCUT2D eigenvalue weighted by Crippen LogP contribution is 2.38. The predicted molar refractivity (Wildman–Crippen MR) is 133 cm³/mol. The van der Waals surface area contributed by atoms with E-state index in [1.54, 1.807) is 0 Å². The summed E-state index contributed by atoms with van der Waals surface area (Å²) in [7, 11) is 0. The van der Waals surface area contributed by atoms with E-state index in [0.29, 0.717) is 34.5 Å². The number of hydrogen-bond acceptors (Lipinski definition) is 4. The van der Waals surface area contributed by atoms with E-state index in [9.17, 15) is 4.79 Å². The Labute approximate surface area is 196 Å². The second kappa shape index (κ2) is 8.93. The molecule has 2 aromatic heterocycles. The molecule has 32 heavy (non-hydrogen) atoms. The molecule has 0 radical (unpaired) electrons. The maximum Gasteiger partial charge on any atom is 0.263 e. The van der Waals surface area contributed by atoms with Gasteiger partial charge >= 0.3 is 0 Å². The monoisotopic (exact) mass is 461 g/mol. The number of benzene rings is 2. The molecule has 1 unspecified atom stereocenters. The van der Waals surface area contributed by atoms with Gasteiger partial charge in [-0.05, 0) is 66.5 Å². The number of aromatic nitrogens is 1. The van der Waals surface area contributed by atoms with Crippen LogP contribution < -0.4 is 11.1 Å². The predicted octanol–water partition coefficient (Wildman–Crippen LogP) is 5.78. The van der Waals surface area contributed by atoms with Crippen LogP contribution in [0.4, 0.5) is 5.69 Å². The first-order valence-electron chi connectivity index (χ1n) is 10.9. The number of nitrogens with two attached hydrogens (primary N) is 1. The lowest BCUT2D eigenvalue weighted by molar-refractivity contribution is 0.0959. The number of hydrogen-bond donors (Lipinski definition) is 2. The number of pyridine rings is 1. The van der Waals surface area contributed by atoms with Crippen molar-refractivity contribution in [1.82, 2.24) is 10.3 Å². The van der Waals surface area contributed by atoms with Gasteiger partial charge in [-0.2, -0.15) is 0 Å². The molecule has 0 aliphatic heterocycles. The van der Waals surface area contributed by atoms with Gasteiger partial charge in [-0.1, -0.05) is 54.1 Å². The Kier molecular flexibility index (Phi) is 5.85. The fourth-order valence-electron chi connectivity index (χ4n) is 4.46. The lowest BCUT2D eigenvalue weighted by atomic mass is 9.82. The minimum atomic E-state index is -0.146. The molecule has 0 bridgehead atoms. The Morgan fingerprint density at radius 2 is 2.00 bits per heavy atom. The van der Waals surface area contributed by atoms with Crippen LogP contribution in [0.2, 0.25) is 5.02 Å². The Bertz CT molecular complexity index is 1290. The van der Waals surface area contributed by atoms with Crippen molar-refractivity contribution in [3.63, 3.8) is 0 Å². The summed E-state index contributed by atoms with van der Waals surface area (Å²) in [6.07, 6.45) is 3.71. The summed E-state index contributed by atoms with van der Waals surface area (Å²) in [5.41, 5.74) is 11.8. The molecule has 1 amide bonds. The van der Waals surface area contributed by atoms with Crippen molar-refractivity contribution >= 4 is 44.7 Å². The van der Waals surface area contributed by atoms with Crippen LogP contribution in [0.3, 0.4) is 0 Å². The zero-order valence-corrected chi connectivity index (χ0v) is 19.2. The number of amides is 1. The van der Waals surface area contributed by atoms with E-state index in [1.807, 2.05) is 24.3 Å². The topological polar surface area (TPSA) is 68.0 Å². The highest BCUT2D eigenvalue weighted by atomic mass is 35.5. The van der Waals surface area contributed by atoms with Crippen LogP contribution in [0.5, 0.6) is 0 Å². The summed E-state index contributed by atoms with van der Waals surface area (Å²) in [5, 5.41) is 4.58. The Morgan fingerprint density at radius 1 is 1.16 bits per heavy atom. The van der Waals surface area contributed by atoms with Crippen LogP contribution in [0, 0.1) is 0 Å². The van der Waals surface area contributed by atoms with Gasteiger partial charge in [-0.15, -0.1) is 11.3 Å². The molecule has 3 N–H and O–H groups in total. The molecule has 2 heterocycles. The largest absolute Gasteiger partial charge is 0.397 e. The molecule has 1 aliphatic carbocycles. The van der Waals surface area contributed by atoms with Gasteiger partial charge in [-0.25, -0.2) is 4.98 Å². The van der Waals surface area contributed by atoms with Crippen LogP contribution in [-0.4, -0.2) is 17.4 Å². The first-order valence-corrected chi connectivity index (χ1v) is 12.1. The Hall–Kier alpha value is -2.89. The lowest BCUT2D eigenvalue weighted by Gasteiger charge is -2.24. The van der Waals surface area contributed by atoms with E-state index < -0.39 is 0 Å². The number of halogens is 1. The summed E-state index contributed by atoms with van der Waals surface area (Å²) >= 11 is 7.42. The molecule has 0 saturated heterocycles. The van der Waals surface area contributed by atoms with Crippen molar-refractivity contribution in [3.8, 4) is 0 Å². The fraction of sp³-hybridized carbons (Fsp3) is 0.231. The van der Waals surface area contributed by atoms with Crippen LogP contribution in [-0.2, 0) is 19.3 Å². The number of aryl methyl sites for hydroxylation is 1. The van der Waals surface area contributed by atoms with E-state index in [1.165, 1.54) is 22.5 Å². The molecule has 6 heteroatoms. The first-order chi connectivity index (χ1) is 15.6. The molecular weight excluding hydrogens is 438 g/mol. The van der Waals surface area contributed by atoms with Crippen molar-refractivity contribution in [2.75, 3.05) is 12.3 Å². The smallest absolute Gasteiger partial charge is 0.263 e. The van der Waals surface area contributed by atoms with Crippen molar-refractivity contribution in [2.24, 2.45) is 0 Å². The van der Waals surface area contributed by atoms with Crippen LogP contribution in [0.25, 0.3) is 10.2 Å². The van der Waals surface area contributed by atoms with Crippen molar-refractivity contribution in [1.29, 1.82) is 0 Å². The van der Waals surface area contributed by atoms with Gasteiger partial charge in [0.1, 0.15) is 9.71 Å². The third-order valence-corrected chi connectivity index (χ3v) is 7.50. The van der Waals surface area contributed by atoms with E-state index in [4.69, 9.17) is 22.3 Å². The standard InChI is InChI=1S/C26H24ClN3OS/c27-20-8-4-5-16(13-20)11-12-29-25(31)24-23(28)21-15-19-14-18(17-6-2-1-3-7-17)9-10-22(19)30-26(21)32-24/h1-8,13,15,18H,9-12,14,28H2,(H,29,31). The second-order valence-corrected chi connectivity index (χ2v) is 9.71. The summed E-state index contributed by atoms with van der Waals surface area (Å²) in [6, 6.07) is 20.5. The van der Waals surface area contributed by atoms with Crippen LogP contribution in [0.1, 0.15) is 44.4 Å². The number of nitrogens with one attached hydrogen (secondary N) is 1. The third kappa shape index (κ3) is 4.23. The molecule has 1 atom stereocenters.